The first-order valence-electron chi connectivity index (χ1n) is 10.5. The van der Waals surface area contributed by atoms with Crippen molar-refractivity contribution < 1.29 is 44.1 Å². The van der Waals surface area contributed by atoms with E-state index in [0.717, 1.165) is 3.57 Å². The summed E-state index contributed by atoms with van der Waals surface area (Å²) in [6, 6.07) is 3.05. The van der Waals surface area contributed by atoms with E-state index in [-0.39, 0.29) is 18.7 Å². The molecule has 7 N–H and O–H groups in total. The maximum absolute atomic E-state index is 12.0. The number of carbonyl (C=O) groups is 6. The van der Waals surface area contributed by atoms with E-state index in [1.165, 1.54) is 0 Å². The lowest BCUT2D eigenvalue weighted by atomic mass is 10.1. The molecule has 14 heteroatoms. The van der Waals surface area contributed by atoms with E-state index in [1.54, 1.807) is 24.3 Å². The number of carboxylic acids is 3. The number of amides is 4. The van der Waals surface area contributed by atoms with Crippen molar-refractivity contribution in [2.45, 2.75) is 44.2 Å². The lowest BCUT2D eigenvalue weighted by Crippen LogP contribution is -2.52. The molecule has 0 saturated carbocycles. The lowest BCUT2D eigenvalue weighted by molar-refractivity contribution is -0.142. The first-order chi connectivity index (χ1) is 16.5. The van der Waals surface area contributed by atoms with Gasteiger partial charge in [-0.25, -0.2) is 14.4 Å². The van der Waals surface area contributed by atoms with E-state index in [9.17, 15) is 33.9 Å². The average molecular weight is 606 g/mol. The summed E-state index contributed by atoms with van der Waals surface area (Å²) in [6.45, 7) is -0.195. The minimum Gasteiger partial charge on any atom is -0.481 e. The molecule has 4 amide bonds. The van der Waals surface area contributed by atoms with Crippen LogP contribution in [-0.2, 0) is 19.2 Å². The van der Waals surface area contributed by atoms with Crippen LogP contribution < -0.4 is 21.3 Å². The Morgan fingerprint density at radius 2 is 1.43 bits per heavy atom. The Morgan fingerprint density at radius 3 is 2.00 bits per heavy atom. The summed E-state index contributed by atoms with van der Waals surface area (Å²) in [6.07, 6.45) is 0.00614. The van der Waals surface area contributed by atoms with Crippen molar-refractivity contribution in [2.75, 3.05) is 13.1 Å². The molecule has 0 aliphatic carbocycles. The number of halogens is 1. The van der Waals surface area contributed by atoms with Gasteiger partial charge in [-0.1, -0.05) is 0 Å². The summed E-state index contributed by atoms with van der Waals surface area (Å²) in [7, 11) is 0. The summed E-state index contributed by atoms with van der Waals surface area (Å²) in [5, 5.41) is 36.1. The summed E-state index contributed by atoms with van der Waals surface area (Å²) < 4.78 is 1.00. The molecule has 1 aromatic carbocycles. The van der Waals surface area contributed by atoms with Crippen molar-refractivity contribution in [3.63, 3.8) is 0 Å². The van der Waals surface area contributed by atoms with Crippen molar-refractivity contribution in [3.05, 3.63) is 33.4 Å². The average Bonchev–Trinajstić information content (AvgIpc) is 2.78. The Morgan fingerprint density at radius 1 is 0.800 bits per heavy atom. The van der Waals surface area contributed by atoms with Gasteiger partial charge in [-0.15, -0.1) is 0 Å². The monoisotopic (exact) mass is 606 g/mol. The fraction of sp³-hybridized carbons (Fsp3) is 0.429. The largest absolute Gasteiger partial charge is 0.481 e. The quantitative estimate of drug-likeness (QED) is 0.109. The normalized spacial score (nSPS) is 12.0. The summed E-state index contributed by atoms with van der Waals surface area (Å²) >= 11 is 2.13. The van der Waals surface area contributed by atoms with Crippen molar-refractivity contribution in [1.29, 1.82) is 0 Å². The van der Waals surface area contributed by atoms with E-state index >= 15 is 0 Å². The van der Waals surface area contributed by atoms with Crippen LogP contribution in [0.15, 0.2) is 24.3 Å². The maximum Gasteiger partial charge on any atom is 0.328 e. The molecule has 0 unspecified atom stereocenters. The van der Waals surface area contributed by atoms with Crippen LogP contribution in [0.5, 0.6) is 0 Å². The molecule has 0 fully saturated rings. The highest BCUT2D eigenvalue weighted by Gasteiger charge is 2.24. The van der Waals surface area contributed by atoms with Gasteiger partial charge in [0.2, 0.25) is 5.91 Å². The highest BCUT2D eigenvalue weighted by atomic mass is 127. The molecule has 0 aliphatic rings. The van der Waals surface area contributed by atoms with Gasteiger partial charge in [0.05, 0.1) is 6.54 Å². The first kappa shape index (κ1) is 29.6. The minimum absolute atomic E-state index is 0.00828. The third-order valence-electron chi connectivity index (χ3n) is 4.57. The topological polar surface area (TPSA) is 211 Å². The molecule has 35 heavy (non-hydrogen) atoms. The number of aliphatic carboxylic acids is 3. The van der Waals surface area contributed by atoms with E-state index in [4.69, 9.17) is 10.2 Å². The van der Waals surface area contributed by atoms with Crippen LogP contribution in [0.25, 0.3) is 0 Å². The number of hydrogen-bond acceptors (Lipinski definition) is 6. The van der Waals surface area contributed by atoms with Crippen molar-refractivity contribution >= 4 is 58.3 Å². The van der Waals surface area contributed by atoms with Crippen molar-refractivity contribution in [2.24, 2.45) is 0 Å². The maximum atomic E-state index is 12.0. The van der Waals surface area contributed by atoms with Gasteiger partial charge < -0.3 is 36.6 Å². The fourth-order valence-corrected chi connectivity index (χ4v) is 3.07. The van der Waals surface area contributed by atoms with Gasteiger partial charge in [0.15, 0.2) is 0 Å². The highest BCUT2D eigenvalue weighted by Crippen LogP contribution is 2.06. The molecule has 0 spiro atoms. The molecule has 0 aromatic heterocycles. The van der Waals surface area contributed by atoms with Gasteiger partial charge in [-0.3, -0.25) is 14.4 Å². The number of carboxylic acid groups (broad SMARTS) is 3. The van der Waals surface area contributed by atoms with Crippen molar-refractivity contribution in [3.8, 4) is 0 Å². The first-order valence-corrected chi connectivity index (χ1v) is 11.6. The summed E-state index contributed by atoms with van der Waals surface area (Å²) in [4.78, 5) is 69.0. The zero-order valence-corrected chi connectivity index (χ0v) is 20.7. The van der Waals surface area contributed by atoms with E-state index in [1.807, 2.05) is 5.32 Å². The van der Waals surface area contributed by atoms with E-state index < -0.39 is 54.9 Å². The lowest BCUT2D eigenvalue weighted by Gasteiger charge is -2.18. The number of unbranched alkanes of at least 4 members (excludes halogenated alkanes) is 1. The Kier molecular flexibility index (Phi) is 13.1. The molecule has 0 aliphatic heterocycles. The van der Waals surface area contributed by atoms with Gasteiger partial charge in [0, 0.05) is 28.5 Å². The van der Waals surface area contributed by atoms with E-state index in [0.29, 0.717) is 24.9 Å². The number of benzene rings is 1. The van der Waals surface area contributed by atoms with Crippen LogP contribution in [-0.4, -0.2) is 76.2 Å². The molecule has 2 atom stereocenters. The summed E-state index contributed by atoms with van der Waals surface area (Å²) in [5.41, 5.74) is 0.514. The molecule has 13 nitrogen and oxygen atoms in total. The van der Waals surface area contributed by atoms with Crippen LogP contribution in [0.1, 0.15) is 42.5 Å². The third kappa shape index (κ3) is 12.6. The molecule has 1 aromatic rings. The molecular weight excluding hydrogens is 579 g/mol. The van der Waals surface area contributed by atoms with Crippen LogP contribution >= 0.6 is 22.6 Å². The number of urea groups is 1. The van der Waals surface area contributed by atoms with Crippen LogP contribution in [0.4, 0.5) is 4.79 Å². The molecule has 0 saturated heterocycles. The zero-order chi connectivity index (χ0) is 26.4. The van der Waals surface area contributed by atoms with Gasteiger partial charge in [-0.2, -0.15) is 0 Å². The van der Waals surface area contributed by atoms with Gasteiger partial charge in [0.25, 0.3) is 5.91 Å². The van der Waals surface area contributed by atoms with Gasteiger partial charge >= 0.3 is 23.9 Å². The second-order valence-electron chi connectivity index (χ2n) is 7.36. The standard InChI is InChI=1S/C21H27IN4O9/c22-13-6-4-12(5-7-13)18(30)23-10-2-1-3-16(27)25-15(20(33)34)11-24-21(35)26-14(19(31)32)8-9-17(28)29/h4-7,14-15H,1-3,8-11H2,(H,23,30)(H,25,27)(H,28,29)(H,31,32)(H,33,34)(H2,24,26,35)/t14-,15+/m0/s1. The smallest absolute Gasteiger partial charge is 0.328 e. The summed E-state index contributed by atoms with van der Waals surface area (Å²) in [5.74, 6) is -4.91. The fourth-order valence-electron chi connectivity index (χ4n) is 2.71. The Hall–Kier alpha value is -3.43. The van der Waals surface area contributed by atoms with Crippen LogP contribution in [0.3, 0.4) is 0 Å². The highest BCUT2D eigenvalue weighted by molar-refractivity contribution is 14.1. The predicted octanol–water partition coefficient (Wildman–Crippen LogP) is 0.378. The minimum atomic E-state index is -1.48. The van der Waals surface area contributed by atoms with Gasteiger partial charge in [0.1, 0.15) is 12.1 Å². The van der Waals surface area contributed by atoms with Crippen LogP contribution in [0, 0.1) is 3.57 Å². The SMILES string of the molecule is O=C(O)CC[C@H](NC(=O)NC[C@@H](NC(=O)CCCCNC(=O)c1ccc(I)cc1)C(=O)O)C(=O)O. The molecule has 1 rings (SSSR count). The Balaban J connectivity index is 2.35. The zero-order valence-electron chi connectivity index (χ0n) is 18.6. The third-order valence-corrected chi connectivity index (χ3v) is 5.29. The molecule has 192 valence electrons. The number of hydrogen-bond donors (Lipinski definition) is 7. The van der Waals surface area contributed by atoms with Gasteiger partial charge in [-0.05, 0) is 66.1 Å². The van der Waals surface area contributed by atoms with E-state index in [2.05, 4.69) is 38.5 Å². The Labute approximate surface area is 214 Å². The predicted molar refractivity (Wildman–Crippen MR) is 130 cm³/mol. The van der Waals surface area contributed by atoms with Crippen molar-refractivity contribution in [1.82, 2.24) is 21.3 Å². The second kappa shape index (κ2) is 15.5. The number of rotatable bonds is 15. The molecule has 0 radical (unpaired) electrons. The molecule has 0 heterocycles. The number of carbonyl (C=O) groups excluding carboxylic acids is 3. The molecular formula is C21H27IN4O9. The Bertz CT molecular complexity index is 924. The van der Waals surface area contributed by atoms with Crippen LogP contribution in [0.2, 0.25) is 0 Å². The number of nitrogens with one attached hydrogen (secondary N) is 4. The molecule has 0 bridgehead atoms. The second-order valence-corrected chi connectivity index (χ2v) is 8.60.